The molecule has 0 bridgehead atoms. The van der Waals surface area contributed by atoms with Crippen LogP contribution in [0.5, 0.6) is 0 Å². The first-order valence-corrected chi connectivity index (χ1v) is 9.83. The molecular formula is C21H21NO4S. The van der Waals surface area contributed by atoms with E-state index in [0.29, 0.717) is 29.8 Å². The third-order valence-corrected chi connectivity index (χ3v) is 5.83. The van der Waals surface area contributed by atoms with Crippen molar-refractivity contribution in [2.75, 3.05) is 10.7 Å². The van der Waals surface area contributed by atoms with Gasteiger partial charge in [-0.25, -0.2) is 4.79 Å². The van der Waals surface area contributed by atoms with Crippen molar-refractivity contribution >= 4 is 34.4 Å². The number of hydrogen-bond donors (Lipinski definition) is 1. The summed E-state index contributed by atoms with van der Waals surface area (Å²) in [4.78, 5) is 38.4. The highest BCUT2D eigenvalue weighted by Crippen LogP contribution is 2.32. The van der Waals surface area contributed by atoms with Crippen LogP contribution in [0.15, 0.2) is 54.6 Å². The van der Waals surface area contributed by atoms with Crippen molar-refractivity contribution in [1.82, 2.24) is 0 Å². The first-order chi connectivity index (χ1) is 13.0. The molecule has 0 spiro atoms. The number of aliphatic carboxylic acids is 1. The number of carboxylic acid groups (broad SMARTS) is 1. The van der Waals surface area contributed by atoms with E-state index < -0.39 is 17.9 Å². The molecule has 0 aromatic heterocycles. The Morgan fingerprint density at radius 1 is 1.11 bits per heavy atom. The molecule has 0 aliphatic carbocycles. The van der Waals surface area contributed by atoms with Crippen molar-refractivity contribution in [1.29, 1.82) is 0 Å². The van der Waals surface area contributed by atoms with Crippen LogP contribution >= 0.6 is 11.8 Å². The van der Waals surface area contributed by atoms with Crippen LogP contribution in [0.2, 0.25) is 0 Å². The maximum absolute atomic E-state index is 13.1. The zero-order valence-corrected chi connectivity index (χ0v) is 15.8. The van der Waals surface area contributed by atoms with Crippen molar-refractivity contribution < 1.29 is 19.5 Å². The van der Waals surface area contributed by atoms with Gasteiger partial charge in [-0.1, -0.05) is 67.2 Å². The Labute approximate surface area is 162 Å². The predicted molar refractivity (Wildman–Crippen MR) is 106 cm³/mol. The average Bonchev–Trinajstić information content (AvgIpc) is 2.70. The Hall–Kier alpha value is -2.60. The number of para-hydroxylation sites is 1. The highest BCUT2D eigenvalue weighted by Gasteiger charge is 2.37. The van der Waals surface area contributed by atoms with Gasteiger partial charge in [-0.2, -0.15) is 0 Å². The van der Waals surface area contributed by atoms with Crippen molar-refractivity contribution in [3.63, 3.8) is 0 Å². The van der Waals surface area contributed by atoms with Crippen LogP contribution in [0.3, 0.4) is 0 Å². The third-order valence-electron chi connectivity index (χ3n) is 4.67. The number of benzene rings is 2. The van der Waals surface area contributed by atoms with E-state index in [1.54, 1.807) is 37.3 Å². The van der Waals surface area contributed by atoms with Crippen molar-refractivity contribution in [3.8, 4) is 0 Å². The van der Waals surface area contributed by atoms with Crippen LogP contribution in [0.1, 0.15) is 29.3 Å². The number of fused-ring (bicyclic) bond motifs is 1. The molecule has 0 radical (unpaired) electrons. The number of thioether (sulfide) groups is 1. The summed E-state index contributed by atoms with van der Waals surface area (Å²) in [6, 6.07) is 15.4. The molecule has 2 atom stereocenters. The Bertz CT molecular complexity index is 852. The molecule has 27 heavy (non-hydrogen) atoms. The molecule has 6 heteroatoms. The summed E-state index contributed by atoms with van der Waals surface area (Å²) in [5, 5.41) is 9.49. The molecule has 1 heterocycles. The Morgan fingerprint density at radius 3 is 2.48 bits per heavy atom. The van der Waals surface area contributed by atoms with Crippen molar-refractivity contribution in [2.24, 2.45) is 5.92 Å². The lowest BCUT2D eigenvalue weighted by Crippen LogP contribution is -2.50. The standard InChI is InChI=1S/C21H21NO4S/c1-14(13-27-21(26)16-8-3-2-4-9-16)19(23)22-17-10-6-5-7-15(17)11-12-18(22)20(24)25/h2-10,14,18H,11-13H2,1H3,(H,24,25). The fraction of sp³-hybridized carbons (Fsp3) is 0.286. The zero-order valence-electron chi connectivity index (χ0n) is 15.0. The molecule has 1 aliphatic heterocycles. The van der Waals surface area contributed by atoms with Crippen LogP contribution in [0.4, 0.5) is 5.69 Å². The summed E-state index contributed by atoms with van der Waals surface area (Å²) in [5.74, 6) is -1.44. The minimum absolute atomic E-state index is 0.0934. The van der Waals surface area contributed by atoms with Crippen molar-refractivity contribution in [3.05, 3.63) is 65.7 Å². The van der Waals surface area contributed by atoms with Crippen LogP contribution < -0.4 is 4.90 Å². The molecule has 2 unspecified atom stereocenters. The van der Waals surface area contributed by atoms with E-state index in [1.165, 1.54) is 4.90 Å². The minimum Gasteiger partial charge on any atom is -0.480 e. The minimum atomic E-state index is -1.00. The number of nitrogens with zero attached hydrogens (tertiary/aromatic N) is 1. The van der Waals surface area contributed by atoms with Crippen LogP contribution in [0, 0.1) is 5.92 Å². The van der Waals surface area contributed by atoms with E-state index in [4.69, 9.17) is 0 Å². The number of aryl methyl sites for hydroxylation is 1. The fourth-order valence-corrected chi connectivity index (χ4v) is 4.07. The van der Waals surface area contributed by atoms with Gasteiger partial charge in [-0.3, -0.25) is 14.5 Å². The summed E-state index contributed by atoms with van der Waals surface area (Å²) in [6.07, 6.45) is 1.02. The second-order valence-corrected chi connectivity index (χ2v) is 7.59. The van der Waals surface area contributed by atoms with Gasteiger partial charge in [-0.15, -0.1) is 0 Å². The number of carbonyl (C=O) groups excluding carboxylic acids is 2. The number of carbonyl (C=O) groups is 3. The van der Waals surface area contributed by atoms with Crippen LogP contribution in [-0.4, -0.2) is 33.9 Å². The van der Waals surface area contributed by atoms with Gasteiger partial charge in [0.05, 0.1) is 0 Å². The molecule has 1 aliphatic rings. The summed E-state index contributed by atoms with van der Waals surface area (Å²) in [5.41, 5.74) is 2.23. The normalized spacial score (nSPS) is 17.1. The van der Waals surface area contributed by atoms with Gasteiger partial charge in [-0.05, 0) is 24.5 Å². The number of anilines is 1. The molecular weight excluding hydrogens is 362 g/mol. The molecule has 140 valence electrons. The van der Waals surface area contributed by atoms with E-state index in [1.807, 2.05) is 24.3 Å². The zero-order chi connectivity index (χ0) is 19.4. The molecule has 1 N–H and O–H groups in total. The van der Waals surface area contributed by atoms with E-state index in [-0.39, 0.29) is 11.0 Å². The van der Waals surface area contributed by atoms with Gasteiger partial charge in [0.15, 0.2) is 0 Å². The second-order valence-electron chi connectivity index (χ2n) is 6.60. The molecule has 0 saturated carbocycles. The maximum atomic E-state index is 13.1. The lowest BCUT2D eigenvalue weighted by atomic mass is 9.94. The van der Waals surface area contributed by atoms with E-state index >= 15 is 0 Å². The summed E-state index contributed by atoms with van der Waals surface area (Å²) in [6.45, 7) is 1.74. The summed E-state index contributed by atoms with van der Waals surface area (Å²) >= 11 is 1.09. The van der Waals surface area contributed by atoms with Gasteiger partial charge < -0.3 is 5.11 Å². The quantitative estimate of drug-likeness (QED) is 0.853. The molecule has 1 amide bonds. The van der Waals surface area contributed by atoms with Crippen molar-refractivity contribution in [2.45, 2.75) is 25.8 Å². The highest BCUT2D eigenvalue weighted by atomic mass is 32.2. The molecule has 2 aromatic carbocycles. The molecule has 0 fully saturated rings. The van der Waals surface area contributed by atoms with Gasteiger partial charge >= 0.3 is 5.97 Å². The van der Waals surface area contributed by atoms with Crippen LogP contribution in [0.25, 0.3) is 0 Å². The molecule has 5 nitrogen and oxygen atoms in total. The largest absolute Gasteiger partial charge is 0.480 e. The lowest BCUT2D eigenvalue weighted by Gasteiger charge is -2.36. The Morgan fingerprint density at radius 2 is 1.78 bits per heavy atom. The van der Waals surface area contributed by atoms with Gasteiger partial charge in [0.1, 0.15) is 6.04 Å². The first kappa shape index (κ1) is 19.2. The monoisotopic (exact) mass is 383 g/mol. The number of hydrogen-bond acceptors (Lipinski definition) is 4. The van der Waals surface area contributed by atoms with E-state index in [2.05, 4.69) is 0 Å². The Balaban J connectivity index is 1.74. The van der Waals surface area contributed by atoms with Crippen LogP contribution in [-0.2, 0) is 16.0 Å². The van der Waals surface area contributed by atoms with E-state index in [0.717, 1.165) is 17.3 Å². The third kappa shape index (κ3) is 4.22. The molecule has 0 saturated heterocycles. The van der Waals surface area contributed by atoms with Gasteiger partial charge in [0.25, 0.3) is 0 Å². The molecule has 2 aromatic rings. The SMILES string of the molecule is CC(CSC(=O)c1ccccc1)C(=O)N1c2ccccc2CCC1C(=O)O. The molecule has 3 rings (SSSR count). The first-order valence-electron chi connectivity index (χ1n) is 8.85. The Kier molecular flexibility index (Phi) is 5.96. The summed E-state index contributed by atoms with van der Waals surface area (Å²) < 4.78 is 0. The predicted octanol–water partition coefficient (Wildman–Crippen LogP) is 3.63. The highest BCUT2D eigenvalue weighted by molar-refractivity contribution is 8.14. The van der Waals surface area contributed by atoms with E-state index in [9.17, 15) is 19.5 Å². The average molecular weight is 383 g/mol. The smallest absolute Gasteiger partial charge is 0.326 e. The van der Waals surface area contributed by atoms with Gasteiger partial charge in [0.2, 0.25) is 11.0 Å². The second kappa shape index (κ2) is 8.39. The van der Waals surface area contributed by atoms with Gasteiger partial charge in [0, 0.05) is 22.9 Å². The topological polar surface area (TPSA) is 74.7 Å². The fourth-order valence-electron chi connectivity index (χ4n) is 3.22. The number of carboxylic acids is 1. The summed E-state index contributed by atoms with van der Waals surface area (Å²) in [7, 11) is 0. The number of amides is 1. The number of rotatable bonds is 5. The lowest BCUT2D eigenvalue weighted by molar-refractivity contribution is -0.140. The maximum Gasteiger partial charge on any atom is 0.326 e.